The first-order valence-electron chi connectivity index (χ1n) is 5.96. The number of carbonyl (C=O) groups excluding carboxylic acids is 2. The van der Waals surface area contributed by atoms with Gasteiger partial charge < -0.3 is 4.74 Å². The van der Waals surface area contributed by atoms with Crippen LogP contribution in [0, 0.1) is 0 Å². The van der Waals surface area contributed by atoms with Crippen molar-refractivity contribution in [2.24, 2.45) is 0 Å². The summed E-state index contributed by atoms with van der Waals surface area (Å²) < 4.78 is 40.3. The van der Waals surface area contributed by atoms with Gasteiger partial charge in [0.1, 0.15) is 12.0 Å². The third kappa shape index (κ3) is 7.55. The summed E-state index contributed by atoms with van der Waals surface area (Å²) in [6.07, 6.45) is -0.466. The van der Waals surface area contributed by atoms with Crippen molar-refractivity contribution in [1.29, 1.82) is 0 Å². The molecule has 0 aliphatic carbocycles. The number of carbonyl (C=O) groups is 2. The topological polar surface area (TPSA) is 43.4 Å². The van der Waals surface area contributed by atoms with Gasteiger partial charge in [0, 0.05) is 18.2 Å². The fourth-order valence-electron chi connectivity index (χ4n) is 1.49. The molecular weight excluding hydrogens is 305 g/mol. The van der Waals surface area contributed by atoms with E-state index in [4.69, 9.17) is 0 Å². The van der Waals surface area contributed by atoms with Crippen molar-refractivity contribution in [3.63, 3.8) is 0 Å². The lowest BCUT2D eigenvalue weighted by Crippen LogP contribution is -2.17. The molecule has 0 atom stereocenters. The van der Waals surface area contributed by atoms with Gasteiger partial charge in [0.15, 0.2) is 5.12 Å². The van der Waals surface area contributed by atoms with E-state index in [-0.39, 0.29) is 10.7 Å². The van der Waals surface area contributed by atoms with Crippen LogP contribution in [0.4, 0.5) is 13.2 Å². The smallest absolute Gasteiger partial charge is 0.406 e. The van der Waals surface area contributed by atoms with E-state index in [9.17, 15) is 22.8 Å². The number of aldehydes is 1. The number of rotatable bonds is 6. The SMILES string of the molecule is CC(=O)SCCC=Cc1cc(C=O)cc(OC(F)(F)F)c1. The molecule has 0 heterocycles. The fourth-order valence-corrected chi connectivity index (χ4v) is 2.03. The van der Waals surface area contributed by atoms with Gasteiger partial charge in [-0.1, -0.05) is 23.9 Å². The minimum absolute atomic E-state index is 0.00668. The lowest BCUT2D eigenvalue weighted by molar-refractivity contribution is -0.274. The van der Waals surface area contributed by atoms with Crippen LogP contribution in [0.15, 0.2) is 24.3 Å². The molecule has 7 heteroatoms. The quantitative estimate of drug-likeness (QED) is 0.585. The molecule has 0 aliphatic heterocycles. The Hall–Kier alpha value is -1.76. The van der Waals surface area contributed by atoms with Crippen LogP contribution in [-0.2, 0) is 4.79 Å². The Morgan fingerprint density at radius 2 is 1.95 bits per heavy atom. The lowest BCUT2D eigenvalue weighted by Gasteiger charge is -2.10. The van der Waals surface area contributed by atoms with Crippen LogP contribution in [0.3, 0.4) is 0 Å². The first kappa shape index (κ1) is 17.3. The molecule has 114 valence electrons. The molecule has 3 nitrogen and oxygen atoms in total. The van der Waals surface area contributed by atoms with Crippen molar-refractivity contribution in [2.75, 3.05) is 5.75 Å². The zero-order valence-electron chi connectivity index (χ0n) is 11.1. The van der Waals surface area contributed by atoms with Crippen molar-refractivity contribution in [2.45, 2.75) is 19.7 Å². The van der Waals surface area contributed by atoms with Gasteiger partial charge in [0.05, 0.1) is 0 Å². The summed E-state index contributed by atoms with van der Waals surface area (Å²) in [5.41, 5.74) is 0.515. The van der Waals surface area contributed by atoms with Gasteiger partial charge in [-0.3, -0.25) is 9.59 Å². The van der Waals surface area contributed by atoms with Crippen LogP contribution in [0.2, 0.25) is 0 Å². The van der Waals surface area contributed by atoms with Gasteiger partial charge >= 0.3 is 6.36 Å². The number of allylic oxidation sites excluding steroid dienone is 1. The molecular formula is C14H13F3O3S. The molecule has 0 aromatic heterocycles. The van der Waals surface area contributed by atoms with Crippen LogP contribution >= 0.6 is 11.8 Å². The van der Waals surface area contributed by atoms with Crippen molar-refractivity contribution in [3.05, 3.63) is 35.4 Å². The predicted octanol–water partition coefficient (Wildman–Crippen LogP) is 4.08. The number of alkyl halides is 3. The molecule has 1 aromatic rings. The molecule has 0 saturated heterocycles. The zero-order valence-corrected chi connectivity index (χ0v) is 12.0. The van der Waals surface area contributed by atoms with Crippen LogP contribution in [0.1, 0.15) is 29.3 Å². The van der Waals surface area contributed by atoms with E-state index in [1.54, 1.807) is 12.2 Å². The van der Waals surface area contributed by atoms with Gasteiger partial charge in [-0.15, -0.1) is 13.2 Å². The molecule has 0 radical (unpaired) electrons. The minimum Gasteiger partial charge on any atom is -0.406 e. The van der Waals surface area contributed by atoms with Crippen molar-refractivity contribution >= 4 is 29.2 Å². The Kier molecular flexibility index (Phi) is 6.48. The van der Waals surface area contributed by atoms with Crippen LogP contribution in [0.5, 0.6) is 5.75 Å². The van der Waals surface area contributed by atoms with E-state index in [1.165, 1.54) is 30.8 Å². The monoisotopic (exact) mass is 318 g/mol. The van der Waals surface area contributed by atoms with Crippen molar-refractivity contribution in [1.82, 2.24) is 0 Å². The third-order valence-electron chi connectivity index (χ3n) is 2.22. The second-order valence-corrected chi connectivity index (χ2v) is 5.30. The average Bonchev–Trinajstić information content (AvgIpc) is 2.35. The van der Waals surface area contributed by atoms with Crippen LogP contribution in [-0.4, -0.2) is 23.5 Å². The number of benzene rings is 1. The van der Waals surface area contributed by atoms with E-state index in [0.717, 1.165) is 6.07 Å². The highest BCUT2D eigenvalue weighted by atomic mass is 32.2. The molecule has 0 unspecified atom stereocenters. The molecule has 0 spiro atoms. The molecule has 1 rings (SSSR count). The summed E-state index contributed by atoms with van der Waals surface area (Å²) in [6.45, 7) is 1.46. The average molecular weight is 318 g/mol. The fraction of sp³-hybridized carbons (Fsp3) is 0.286. The zero-order chi connectivity index (χ0) is 15.9. The lowest BCUT2D eigenvalue weighted by atomic mass is 10.1. The van der Waals surface area contributed by atoms with Gasteiger partial charge in [0.2, 0.25) is 0 Å². The number of thioether (sulfide) groups is 1. The summed E-state index contributed by atoms with van der Waals surface area (Å²) in [5.74, 6) is 0.148. The first-order valence-corrected chi connectivity index (χ1v) is 6.94. The number of ether oxygens (including phenoxy) is 1. The summed E-state index contributed by atoms with van der Waals surface area (Å²) in [6, 6.07) is 3.66. The molecule has 0 saturated carbocycles. The Bertz CT molecular complexity index is 539. The second kappa shape index (κ2) is 7.87. The maximum Gasteiger partial charge on any atom is 0.573 e. The van der Waals surface area contributed by atoms with Crippen molar-refractivity contribution < 1.29 is 27.5 Å². The highest BCUT2D eigenvalue weighted by molar-refractivity contribution is 8.13. The van der Waals surface area contributed by atoms with E-state index < -0.39 is 12.1 Å². The predicted molar refractivity (Wildman–Crippen MR) is 75.3 cm³/mol. The molecule has 0 amide bonds. The maximum atomic E-state index is 12.2. The van der Waals surface area contributed by atoms with E-state index in [2.05, 4.69) is 4.74 Å². The summed E-state index contributed by atoms with van der Waals surface area (Å²) >= 11 is 1.17. The summed E-state index contributed by atoms with van der Waals surface area (Å²) in [5, 5.41) is 0.00668. The molecule has 1 aromatic carbocycles. The molecule has 21 heavy (non-hydrogen) atoms. The maximum absolute atomic E-state index is 12.2. The van der Waals surface area contributed by atoms with Crippen LogP contribution in [0.25, 0.3) is 6.08 Å². The highest BCUT2D eigenvalue weighted by Gasteiger charge is 2.31. The Labute approximate surface area is 124 Å². The summed E-state index contributed by atoms with van der Waals surface area (Å²) in [7, 11) is 0. The Morgan fingerprint density at radius 3 is 2.52 bits per heavy atom. The standard InChI is InChI=1S/C14H13F3O3S/c1-10(19)21-5-3-2-4-11-6-12(9-18)8-13(7-11)20-14(15,16)17/h2,4,6-9H,3,5H2,1H3. The van der Waals surface area contributed by atoms with Gasteiger partial charge in [0.25, 0.3) is 0 Å². The molecule has 0 fully saturated rings. The summed E-state index contributed by atoms with van der Waals surface area (Å²) in [4.78, 5) is 21.4. The Balaban J connectivity index is 2.77. The number of halogens is 3. The minimum atomic E-state index is -4.80. The Morgan fingerprint density at radius 1 is 1.29 bits per heavy atom. The largest absolute Gasteiger partial charge is 0.573 e. The molecule has 0 aliphatic rings. The van der Waals surface area contributed by atoms with Gasteiger partial charge in [-0.05, 0) is 30.2 Å². The highest BCUT2D eigenvalue weighted by Crippen LogP contribution is 2.25. The number of hydrogen-bond acceptors (Lipinski definition) is 4. The van der Waals surface area contributed by atoms with Gasteiger partial charge in [-0.25, -0.2) is 0 Å². The molecule has 0 N–H and O–H groups in total. The van der Waals surface area contributed by atoms with Gasteiger partial charge in [-0.2, -0.15) is 0 Å². The van der Waals surface area contributed by atoms with E-state index in [1.807, 2.05) is 0 Å². The first-order chi connectivity index (χ1) is 9.80. The van der Waals surface area contributed by atoms with Crippen LogP contribution < -0.4 is 4.74 Å². The normalized spacial score (nSPS) is 11.6. The number of hydrogen-bond donors (Lipinski definition) is 0. The second-order valence-electron chi connectivity index (χ2n) is 4.03. The van der Waals surface area contributed by atoms with E-state index in [0.29, 0.717) is 24.0 Å². The van der Waals surface area contributed by atoms with E-state index >= 15 is 0 Å². The van der Waals surface area contributed by atoms with Crippen molar-refractivity contribution in [3.8, 4) is 5.75 Å². The molecule has 0 bridgehead atoms. The third-order valence-corrected chi connectivity index (χ3v) is 3.07.